The Hall–Kier alpha value is -3.09. The van der Waals surface area contributed by atoms with Crippen LogP contribution >= 0.6 is 0 Å². The van der Waals surface area contributed by atoms with Gasteiger partial charge < -0.3 is 10.5 Å². The molecule has 0 fully saturated rings. The lowest BCUT2D eigenvalue weighted by Crippen LogP contribution is -2.17. The number of aromatic nitrogens is 4. The van der Waals surface area contributed by atoms with Gasteiger partial charge in [-0.2, -0.15) is 10.2 Å². The molecule has 0 aliphatic rings. The third-order valence-electron chi connectivity index (χ3n) is 3.09. The second kappa shape index (κ2) is 5.72. The van der Waals surface area contributed by atoms with Crippen LogP contribution in [0.3, 0.4) is 0 Å². The van der Waals surface area contributed by atoms with E-state index in [2.05, 4.69) is 10.2 Å². The summed E-state index contributed by atoms with van der Waals surface area (Å²) < 4.78 is 8.83. The van der Waals surface area contributed by atoms with E-state index in [1.165, 1.54) is 6.07 Å². The van der Waals surface area contributed by atoms with E-state index in [4.69, 9.17) is 10.5 Å². The molecule has 22 heavy (non-hydrogen) atoms. The normalized spacial score (nSPS) is 10.6. The van der Waals surface area contributed by atoms with Crippen molar-refractivity contribution in [3.8, 4) is 11.4 Å². The number of hydrogen-bond acceptors (Lipinski definition) is 5. The van der Waals surface area contributed by atoms with Crippen molar-refractivity contribution in [1.82, 2.24) is 19.6 Å². The molecule has 7 nitrogen and oxygen atoms in total. The molecule has 0 saturated heterocycles. The van der Waals surface area contributed by atoms with Crippen LogP contribution in [0.25, 0.3) is 5.69 Å². The Bertz CT molecular complexity index is 836. The standard InChI is InChI=1S/C15H15N5O2/c1-19-9-12(8-17-19)20-7-6-15(21)14(18-20)10-22-13-4-2-11(16)3-5-13/h2-9H,10,16H2,1H3. The van der Waals surface area contributed by atoms with Crippen molar-refractivity contribution in [3.05, 3.63) is 64.8 Å². The van der Waals surface area contributed by atoms with Crippen LogP contribution in [-0.4, -0.2) is 19.6 Å². The summed E-state index contributed by atoms with van der Waals surface area (Å²) in [6, 6.07) is 8.43. The molecule has 0 atom stereocenters. The number of aryl methyl sites for hydroxylation is 1. The molecule has 2 N–H and O–H groups in total. The zero-order valence-corrected chi connectivity index (χ0v) is 12.0. The first kappa shape index (κ1) is 13.9. The highest BCUT2D eigenvalue weighted by Crippen LogP contribution is 2.14. The van der Waals surface area contributed by atoms with Gasteiger partial charge in [-0.1, -0.05) is 0 Å². The highest BCUT2D eigenvalue weighted by atomic mass is 16.5. The molecule has 0 amide bonds. The number of nitrogens with zero attached hydrogens (tertiary/aromatic N) is 4. The molecule has 3 aromatic rings. The van der Waals surface area contributed by atoms with Crippen molar-refractivity contribution in [2.24, 2.45) is 7.05 Å². The van der Waals surface area contributed by atoms with Gasteiger partial charge in [0.05, 0.1) is 12.4 Å². The summed E-state index contributed by atoms with van der Waals surface area (Å²) in [4.78, 5) is 11.9. The third-order valence-corrected chi connectivity index (χ3v) is 3.09. The lowest BCUT2D eigenvalue weighted by atomic mass is 10.3. The van der Waals surface area contributed by atoms with Crippen molar-refractivity contribution in [1.29, 1.82) is 0 Å². The fraction of sp³-hybridized carbons (Fsp3) is 0.133. The minimum Gasteiger partial charge on any atom is -0.487 e. The summed E-state index contributed by atoms with van der Waals surface area (Å²) in [5.74, 6) is 0.632. The lowest BCUT2D eigenvalue weighted by molar-refractivity contribution is 0.297. The van der Waals surface area contributed by atoms with Crippen molar-refractivity contribution in [3.63, 3.8) is 0 Å². The maximum Gasteiger partial charge on any atom is 0.206 e. The number of anilines is 1. The molecule has 112 valence electrons. The quantitative estimate of drug-likeness (QED) is 0.729. The second-order valence-electron chi connectivity index (χ2n) is 4.80. The fourth-order valence-electron chi connectivity index (χ4n) is 1.93. The Kier molecular flexibility index (Phi) is 3.61. The lowest BCUT2D eigenvalue weighted by Gasteiger charge is -2.07. The summed E-state index contributed by atoms with van der Waals surface area (Å²) in [6.07, 6.45) is 5.08. The molecule has 0 spiro atoms. The molecular formula is C15H15N5O2. The Morgan fingerprint density at radius 2 is 2.00 bits per heavy atom. The molecule has 2 heterocycles. The molecule has 0 unspecified atom stereocenters. The van der Waals surface area contributed by atoms with E-state index < -0.39 is 0 Å². The maximum atomic E-state index is 11.9. The summed E-state index contributed by atoms with van der Waals surface area (Å²) in [7, 11) is 1.82. The number of hydrogen-bond donors (Lipinski definition) is 1. The minimum atomic E-state index is -0.171. The number of rotatable bonds is 4. The first-order valence-corrected chi connectivity index (χ1v) is 6.68. The van der Waals surface area contributed by atoms with Crippen LogP contribution in [-0.2, 0) is 13.7 Å². The van der Waals surface area contributed by atoms with E-state index in [0.29, 0.717) is 17.1 Å². The Labute approximate surface area is 126 Å². The van der Waals surface area contributed by atoms with E-state index in [9.17, 15) is 4.79 Å². The molecule has 7 heteroatoms. The number of nitrogens with two attached hydrogens (primary N) is 1. The van der Waals surface area contributed by atoms with E-state index in [1.54, 1.807) is 46.0 Å². The van der Waals surface area contributed by atoms with Gasteiger partial charge in [0.2, 0.25) is 5.43 Å². The molecule has 0 bridgehead atoms. The fourth-order valence-corrected chi connectivity index (χ4v) is 1.93. The molecule has 0 aliphatic carbocycles. The van der Waals surface area contributed by atoms with Crippen molar-refractivity contribution in [2.45, 2.75) is 6.61 Å². The van der Waals surface area contributed by atoms with Gasteiger partial charge in [-0.15, -0.1) is 0 Å². The van der Waals surface area contributed by atoms with Gasteiger partial charge in [0.15, 0.2) is 0 Å². The van der Waals surface area contributed by atoms with Crippen LogP contribution in [0.5, 0.6) is 5.75 Å². The van der Waals surface area contributed by atoms with Crippen LogP contribution < -0.4 is 15.9 Å². The molecule has 0 radical (unpaired) electrons. The van der Waals surface area contributed by atoms with Gasteiger partial charge in [-0.05, 0) is 24.3 Å². The Morgan fingerprint density at radius 1 is 1.23 bits per heavy atom. The van der Waals surface area contributed by atoms with Crippen molar-refractivity contribution < 1.29 is 4.74 Å². The predicted octanol–water partition coefficient (Wildman–Crippen LogP) is 1.13. The molecular weight excluding hydrogens is 282 g/mol. The van der Waals surface area contributed by atoms with E-state index in [1.807, 2.05) is 13.2 Å². The topological polar surface area (TPSA) is 88.0 Å². The average Bonchev–Trinajstić information content (AvgIpc) is 2.95. The number of nitrogen functional groups attached to an aromatic ring is 1. The second-order valence-corrected chi connectivity index (χ2v) is 4.80. The Balaban J connectivity index is 1.81. The van der Waals surface area contributed by atoms with Crippen LogP contribution in [0.15, 0.2) is 53.7 Å². The molecule has 0 saturated carbocycles. The molecule has 0 aliphatic heterocycles. The number of benzene rings is 1. The summed E-state index contributed by atoms with van der Waals surface area (Å²) >= 11 is 0. The monoisotopic (exact) mass is 297 g/mol. The molecule has 3 rings (SSSR count). The maximum absolute atomic E-state index is 11.9. The summed E-state index contributed by atoms with van der Waals surface area (Å²) in [6.45, 7) is 0.0872. The average molecular weight is 297 g/mol. The van der Waals surface area contributed by atoms with Gasteiger partial charge in [-0.3, -0.25) is 9.48 Å². The van der Waals surface area contributed by atoms with E-state index >= 15 is 0 Å². The van der Waals surface area contributed by atoms with Gasteiger partial charge >= 0.3 is 0 Å². The highest BCUT2D eigenvalue weighted by Gasteiger charge is 2.06. The van der Waals surface area contributed by atoms with Gasteiger partial charge in [-0.25, -0.2) is 4.68 Å². The van der Waals surface area contributed by atoms with Crippen LogP contribution in [0.1, 0.15) is 5.69 Å². The van der Waals surface area contributed by atoms with Gasteiger partial charge in [0, 0.05) is 25.0 Å². The zero-order valence-electron chi connectivity index (χ0n) is 12.0. The Morgan fingerprint density at radius 3 is 2.68 bits per heavy atom. The predicted molar refractivity (Wildman–Crippen MR) is 81.8 cm³/mol. The summed E-state index contributed by atoms with van der Waals surface area (Å²) in [5, 5.41) is 8.37. The first-order chi connectivity index (χ1) is 10.6. The molecule has 2 aromatic heterocycles. The minimum absolute atomic E-state index is 0.0872. The van der Waals surface area contributed by atoms with Crippen LogP contribution in [0.4, 0.5) is 5.69 Å². The highest BCUT2D eigenvalue weighted by molar-refractivity contribution is 5.41. The van der Waals surface area contributed by atoms with Crippen molar-refractivity contribution in [2.75, 3.05) is 5.73 Å². The number of ether oxygens (including phenoxy) is 1. The van der Waals surface area contributed by atoms with Crippen LogP contribution in [0, 0.1) is 0 Å². The zero-order chi connectivity index (χ0) is 15.5. The largest absolute Gasteiger partial charge is 0.487 e. The van der Waals surface area contributed by atoms with Gasteiger partial charge in [0.25, 0.3) is 0 Å². The molecule has 1 aromatic carbocycles. The summed E-state index contributed by atoms with van der Waals surface area (Å²) in [5.41, 5.74) is 7.20. The van der Waals surface area contributed by atoms with Gasteiger partial charge in [0.1, 0.15) is 23.7 Å². The van der Waals surface area contributed by atoms with Crippen LogP contribution in [0.2, 0.25) is 0 Å². The first-order valence-electron chi connectivity index (χ1n) is 6.68. The smallest absolute Gasteiger partial charge is 0.206 e. The van der Waals surface area contributed by atoms with Crippen molar-refractivity contribution >= 4 is 5.69 Å². The SMILES string of the molecule is Cn1cc(-n2ccc(=O)c(COc3ccc(N)cc3)n2)cn1. The van der Waals surface area contributed by atoms with E-state index in [0.717, 1.165) is 5.69 Å². The third kappa shape index (κ3) is 2.98. The van der Waals surface area contributed by atoms with E-state index in [-0.39, 0.29) is 12.0 Å².